The molecule has 0 aliphatic heterocycles. The maximum Gasteiger partial charge on any atom is 0.251 e. The lowest BCUT2D eigenvalue weighted by Gasteiger charge is -2.15. The first-order valence-corrected chi connectivity index (χ1v) is 8.73. The van der Waals surface area contributed by atoms with Gasteiger partial charge in [0.05, 0.1) is 6.04 Å². The second kappa shape index (κ2) is 7.14. The van der Waals surface area contributed by atoms with Crippen LogP contribution in [0.15, 0.2) is 51.8 Å². The van der Waals surface area contributed by atoms with Crippen LogP contribution in [0.1, 0.15) is 34.5 Å². The van der Waals surface area contributed by atoms with Gasteiger partial charge in [0.15, 0.2) is 0 Å². The van der Waals surface area contributed by atoms with Gasteiger partial charge in [-0.3, -0.25) is 4.79 Å². The Morgan fingerprint density at radius 3 is 2.43 bits per heavy atom. The molecule has 1 unspecified atom stereocenters. The Kier molecular flexibility index (Phi) is 5.48. The van der Waals surface area contributed by atoms with Gasteiger partial charge in [0.2, 0.25) is 0 Å². The fourth-order valence-electron chi connectivity index (χ4n) is 2.12. The quantitative estimate of drug-likeness (QED) is 0.776. The van der Waals surface area contributed by atoms with Crippen molar-refractivity contribution in [2.24, 2.45) is 0 Å². The molecule has 4 heteroatoms. The molecule has 0 saturated heterocycles. The van der Waals surface area contributed by atoms with Gasteiger partial charge in [0.1, 0.15) is 0 Å². The van der Waals surface area contributed by atoms with Crippen LogP contribution in [0.5, 0.6) is 0 Å². The highest BCUT2D eigenvalue weighted by Crippen LogP contribution is 2.20. The molecule has 0 aliphatic rings. The Bertz CT molecular complexity index is 619. The Hall–Kier alpha value is -1.26. The van der Waals surface area contributed by atoms with Crippen molar-refractivity contribution in [3.8, 4) is 0 Å². The molecular formula is C17H18BrNOS. The van der Waals surface area contributed by atoms with Crippen molar-refractivity contribution in [2.45, 2.75) is 24.8 Å². The molecule has 0 bridgehead atoms. The summed E-state index contributed by atoms with van der Waals surface area (Å²) >= 11 is 5.14. The summed E-state index contributed by atoms with van der Waals surface area (Å²) in [5, 5.41) is 3.04. The van der Waals surface area contributed by atoms with Crippen LogP contribution >= 0.6 is 27.7 Å². The average molecular weight is 364 g/mol. The van der Waals surface area contributed by atoms with Crippen molar-refractivity contribution in [1.29, 1.82) is 0 Å². The van der Waals surface area contributed by atoms with Gasteiger partial charge in [-0.2, -0.15) is 0 Å². The van der Waals surface area contributed by atoms with E-state index in [2.05, 4.69) is 51.8 Å². The van der Waals surface area contributed by atoms with Gasteiger partial charge >= 0.3 is 0 Å². The minimum absolute atomic E-state index is 0.0207. The fourth-order valence-corrected chi connectivity index (χ4v) is 3.14. The average Bonchev–Trinajstić information content (AvgIpc) is 2.46. The zero-order valence-electron chi connectivity index (χ0n) is 12.3. The summed E-state index contributed by atoms with van der Waals surface area (Å²) in [6.45, 7) is 3.98. The number of aryl methyl sites for hydroxylation is 1. The summed E-state index contributed by atoms with van der Waals surface area (Å²) in [6, 6.07) is 14.0. The van der Waals surface area contributed by atoms with Gasteiger partial charge in [-0.05, 0) is 61.6 Å². The van der Waals surface area contributed by atoms with E-state index in [1.807, 2.05) is 32.0 Å². The van der Waals surface area contributed by atoms with Crippen molar-refractivity contribution in [3.05, 3.63) is 63.6 Å². The van der Waals surface area contributed by atoms with Crippen LogP contribution in [0.25, 0.3) is 0 Å². The number of nitrogens with one attached hydrogen (secondary N) is 1. The summed E-state index contributed by atoms with van der Waals surface area (Å²) in [4.78, 5) is 13.5. The van der Waals surface area contributed by atoms with Crippen LogP contribution in [0.4, 0.5) is 0 Å². The molecule has 2 aromatic carbocycles. The molecule has 0 aromatic heterocycles. The van der Waals surface area contributed by atoms with Gasteiger partial charge < -0.3 is 5.32 Å². The second-order valence-corrected chi connectivity index (χ2v) is 6.78. The van der Waals surface area contributed by atoms with E-state index in [1.165, 1.54) is 4.90 Å². The second-order valence-electron chi connectivity index (χ2n) is 4.99. The van der Waals surface area contributed by atoms with E-state index < -0.39 is 0 Å². The molecule has 0 heterocycles. The molecule has 0 spiro atoms. The molecule has 1 N–H and O–H groups in total. The summed E-state index contributed by atoms with van der Waals surface area (Å²) in [7, 11) is 0. The van der Waals surface area contributed by atoms with Gasteiger partial charge in [0, 0.05) is 14.9 Å². The van der Waals surface area contributed by atoms with E-state index in [0.29, 0.717) is 5.56 Å². The standard InChI is InChI=1S/C17H18BrNOS/c1-11-8-14(10-15(18)9-11)17(20)19-12(2)13-4-6-16(21-3)7-5-13/h4-10,12H,1-3H3,(H,19,20). The molecular weight excluding hydrogens is 346 g/mol. The zero-order valence-corrected chi connectivity index (χ0v) is 14.7. The van der Waals surface area contributed by atoms with E-state index in [4.69, 9.17) is 0 Å². The van der Waals surface area contributed by atoms with Crippen molar-refractivity contribution in [2.75, 3.05) is 6.26 Å². The number of hydrogen-bond acceptors (Lipinski definition) is 2. The van der Waals surface area contributed by atoms with E-state index in [-0.39, 0.29) is 11.9 Å². The van der Waals surface area contributed by atoms with Crippen molar-refractivity contribution < 1.29 is 4.79 Å². The van der Waals surface area contributed by atoms with Crippen molar-refractivity contribution >= 4 is 33.6 Å². The van der Waals surface area contributed by atoms with E-state index in [1.54, 1.807) is 11.8 Å². The number of amides is 1. The highest BCUT2D eigenvalue weighted by atomic mass is 79.9. The maximum absolute atomic E-state index is 12.3. The maximum atomic E-state index is 12.3. The van der Waals surface area contributed by atoms with Crippen LogP contribution in [-0.4, -0.2) is 12.2 Å². The molecule has 110 valence electrons. The van der Waals surface area contributed by atoms with Crippen LogP contribution < -0.4 is 5.32 Å². The first-order chi connectivity index (χ1) is 9.99. The monoisotopic (exact) mass is 363 g/mol. The molecule has 2 rings (SSSR count). The zero-order chi connectivity index (χ0) is 15.4. The molecule has 2 aromatic rings. The van der Waals surface area contributed by atoms with Crippen LogP contribution in [0.2, 0.25) is 0 Å². The lowest BCUT2D eigenvalue weighted by Crippen LogP contribution is -2.26. The van der Waals surface area contributed by atoms with Crippen molar-refractivity contribution in [3.63, 3.8) is 0 Å². The Morgan fingerprint density at radius 2 is 1.86 bits per heavy atom. The minimum Gasteiger partial charge on any atom is -0.346 e. The van der Waals surface area contributed by atoms with Crippen LogP contribution in [0.3, 0.4) is 0 Å². The largest absolute Gasteiger partial charge is 0.346 e. The smallest absolute Gasteiger partial charge is 0.251 e. The predicted molar refractivity (Wildman–Crippen MR) is 93.0 cm³/mol. The lowest BCUT2D eigenvalue weighted by atomic mass is 10.1. The summed E-state index contributed by atoms with van der Waals surface area (Å²) < 4.78 is 0.921. The number of halogens is 1. The van der Waals surface area contributed by atoms with Gasteiger partial charge in [-0.1, -0.05) is 28.1 Å². The highest BCUT2D eigenvalue weighted by molar-refractivity contribution is 9.10. The molecule has 0 radical (unpaired) electrons. The van der Waals surface area contributed by atoms with Crippen LogP contribution in [-0.2, 0) is 0 Å². The first-order valence-electron chi connectivity index (χ1n) is 6.71. The fraction of sp³-hybridized carbons (Fsp3) is 0.235. The Morgan fingerprint density at radius 1 is 1.19 bits per heavy atom. The normalized spacial score (nSPS) is 12.0. The molecule has 0 saturated carbocycles. The van der Waals surface area contributed by atoms with Gasteiger partial charge in [-0.25, -0.2) is 0 Å². The third-order valence-electron chi connectivity index (χ3n) is 3.27. The van der Waals surface area contributed by atoms with E-state index >= 15 is 0 Å². The molecule has 0 fully saturated rings. The number of thioether (sulfide) groups is 1. The summed E-state index contributed by atoms with van der Waals surface area (Å²) in [5.41, 5.74) is 2.84. The Labute approximate surface area is 138 Å². The number of carbonyl (C=O) groups excluding carboxylic acids is 1. The minimum atomic E-state index is -0.0548. The van der Waals surface area contributed by atoms with E-state index in [9.17, 15) is 4.79 Å². The number of benzene rings is 2. The molecule has 1 amide bonds. The predicted octanol–water partition coefficient (Wildman–Crippen LogP) is 4.97. The summed E-state index contributed by atoms with van der Waals surface area (Å²) in [5.74, 6) is -0.0548. The highest BCUT2D eigenvalue weighted by Gasteiger charge is 2.12. The molecule has 1 atom stereocenters. The van der Waals surface area contributed by atoms with Crippen molar-refractivity contribution in [1.82, 2.24) is 5.32 Å². The number of hydrogen-bond donors (Lipinski definition) is 1. The SMILES string of the molecule is CSc1ccc(C(C)NC(=O)c2cc(C)cc(Br)c2)cc1. The number of rotatable bonds is 4. The molecule has 0 aliphatic carbocycles. The first kappa shape index (κ1) is 16.1. The molecule has 21 heavy (non-hydrogen) atoms. The van der Waals surface area contributed by atoms with Crippen LogP contribution in [0, 0.1) is 6.92 Å². The van der Waals surface area contributed by atoms with Gasteiger partial charge in [-0.15, -0.1) is 11.8 Å². The third-order valence-corrected chi connectivity index (χ3v) is 4.47. The number of carbonyl (C=O) groups is 1. The lowest BCUT2D eigenvalue weighted by molar-refractivity contribution is 0.0939. The topological polar surface area (TPSA) is 29.1 Å². The third kappa shape index (κ3) is 4.35. The molecule has 2 nitrogen and oxygen atoms in total. The summed E-state index contributed by atoms with van der Waals surface area (Å²) in [6.07, 6.45) is 2.05. The van der Waals surface area contributed by atoms with E-state index in [0.717, 1.165) is 15.6 Å². The van der Waals surface area contributed by atoms with Gasteiger partial charge in [0.25, 0.3) is 5.91 Å². The Balaban J connectivity index is 2.10.